The van der Waals surface area contributed by atoms with Crippen LogP contribution < -0.4 is 10.1 Å². The molecule has 2 aromatic rings. The van der Waals surface area contributed by atoms with Crippen LogP contribution in [-0.4, -0.2) is 13.2 Å². The van der Waals surface area contributed by atoms with E-state index in [1.807, 2.05) is 0 Å². The second kappa shape index (κ2) is 6.31. The summed E-state index contributed by atoms with van der Waals surface area (Å²) in [5.74, 6) is 1.05. The van der Waals surface area contributed by atoms with Gasteiger partial charge < -0.3 is 10.1 Å². The fourth-order valence-corrected chi connectivity index (χ4v) is 2.99. The molecule has 110 valence electrons. The topological polar surface area (TPSA) is 21.3 Å². The zero-order valence-corrected chi connectivity index (χ0v) is 12.9. The minimum Gasteiger partial charge on any atom is -0.493 e. The Morgan fingerprint density at radius 1 is 1.19 bits per heavy atom. The number of ether oxygens (including phenoxy) is 1. The first-order chi connectivity index (χ1) is 10.3. The summed E-state index contributed by atoms with van der Waals surface area (Å²) in [5, 5.41) is 3.69. The molecule has 0 saturated heterocycles. The number of fused-ring (bicyclic) bond motifs is 1. The van der Waals surface area contributed by atoms with E-state index in [4.69, 9.17) is 4.74 Å². The molecule has 0 aromatic heterocycles. The lowest BCUT2D eigenvalue weighted by Crippen LogP contribution is -2.24. The zero-order valence-electron chi connectivity index (χ0n) is 12.9. The molecule has 1 atom stereocenters. The van der Waals surface area contributed by atoms with E-state index in [1.54, 1.807) is 0 Å². The van der Waals surface area contributed by atoms with E-state index in [9.17, 15) is 0 Å². The summed E-state index contributed by atoms with van der Waals surface area (Å²) in [6.07, 6.45) is 2.16. The van der Waals surface area contributed by atoms with Crippen LogP contribution in [0.25, 0.3) is 0 Å². The van der Waals surface area contributed by atoms with Gasteiger partial charge in [0.15, 0.2) is 0 Å². The minimum atomic E-state index is 0.261. The largest absolute Gasteiger partial charge is 0.493 e. The maximum atomic E-state index is 5.62. The lowest BCUT2D eigenvalue weighted by molar-refractivity contribution is 0.357. The van der Waals surface area contributed by atoms with Gasteiger partial charge in [0, 0.05) is 6.42 Å². The van der Waals surface area contributed by atoms with Crippen LogP contribution in [0.5, 0.6) is 5.75 Å². The third-order valence-corrected chi connectivity index (χ3v) is 4.14. The molecule has 2 aromatic carbocycles. The molecule has 0 spiro atoms. The van der Waals surface area contributed by atoms with Crippen LogP contribution in [-0.2, 0) is 6.42 Å². The van der Waals surface area contributed by atoms with Gasteiger partial charge in [0.05, 0.1) is 12.6 Å². The van der Waals surface area contributed by atoms with Crippen molar-refractivity contribution in [3.05, 3.63) is 64.7 Å². The molecule has 2 heteroatoms. The molecule has 3 rings (SSSR count). The summed E-state index contributed by atoms with van der Waals surface area (Å²) >= 11 is 0. The highest BCUT2D eigenvalue weighted by atomic mass is 16.5. The van der Waals surface area contributed by atoms with Crippen molar-refractivity contribution < 1.29 is 4.74 Å². The van der Waals surface area contributed by atoms with Crippen LogP contribution in [0.2, 0.25) is 0 Å². The van der Waals surface area contributed by atoms with Crippen molar-refractivity contribution in [3.63, 3.8) is 0 Å². The van der Waals surface area contributed by atoms with E-state index >= 15 is 0 Å². The summed E-state index contributed by atoms with van der Waals surface area (Å²) in [6.45, 7) is 6.23. The van der Waals surface area contributed by atoms with Crippen molar-refractivity contribution in [1.29, 1.82) is 0 Å². The van der Waals surface area contributed by atoms with E-state index in [2.05, 4.69) is 61.6 Å². The Balaban J connectivity index is 1.97. The van der Waals surface area contributed by atoms with E-state index in [0.29, 0.717) is 0 Å². The van der Waals surface area contributed by atoms with Gasteiger partial charge in [-0.3, -0.25) is 0 Å². The Morgan fingerprint density at radius 2 is 2.05 bits per heavy atom. The van der Waals surface area contributed by atoms with Gasteiger partial charge in [-0.25, -0.2) is 0 Å². The summed E-state index contributed by atoms with van der Waals surface area (Å²) in [4.78, 5) is 0. The summed E-state index contributed by atoms with van der Waals surface area (Å²) in [6, 6.07) is 15.5. The minimum absolute atomic E-state index is 0.261. The monoisotopic (exact) mass is 281 g/mol. The Hall–Kier alpha value is -1.80. The lowest BCUT2D eigenvalue weighted by atomic mass is 9.93. The van der Waals surface area contributed by atoms with Gasteiger partial charge in [-0.15, -0.1) is 0 Å². The molecular formula is C19H23NO. The first-order valence-corrected chi connectivity index (χ1v) is 7.84. The van der Waals surface area contributed by atoms with E-state index in [-0.39, 0.29) is 6.04 Å². The molecule has 1 unspecified atom stereocenters. The lowest BCUT2D eigenvalue weighted by Gasteiger charge is -2.22. The maximum Gasteiger partial charge on any atom is 0.122 e. The van der Waals surface area contributed by atoms with Crippen LogP contribution >= 0.6 is 0 Å². The Labute approximate surface area is 127 Å². The zero-order chi connectivity index (χ0) is 14.7. The molecule has 2 nitrogen and oxygen atoms in total. The Morgan fingerprint density at radius 3 is 2.86 bits per heavy atom. The molecule has 1 N–H and O–H groups in total. The summed E-state index contributed by atoms with van der Waals surface area (Å²) in [7, 11) is 0. The molecule has 0 radical (unpaired) electrons. The van der Waals surface area contributed by atoms with Crippen molar-refractivity contribution in [2.45, 2.75) is 32.7 Å². The molecule has 1 heterocycles. The number of aryl methyl sites for hydroxylation is 1. The highest BCUT2D eigenvalue weighted by molar-refractivity contribution is 5.44. The van der Waals surface area contributed by atoms with Crippen LogP contribution in [0.3, 0.4) is 0 Å². The third-order valence-electron chi connectivity index (χ3n) is 4.14. The number of benzene rings is 2. The highest BCUT2D eigenvalue weighted by Gasteiger charge is 2.19. The van der Waals surface area contributed by atoms with Crippen molar-refractivity contribution >= 4 is 0 Å². The number of nitrogens with one attached hydrogen (secondary N) is 1. The standard InChI is InChI=1S/C19H23NO/c1-3-11-20-19(17-7-5-4-6-14(17)2)16-8-9-18-15(13-16)10-12-21-18/h4-9,13,19-20H,3,10-12H2,1-2H3. The fraction of sp³-hybridized carbons (Fsp3) is 0.368. The predicted octanol–water partition coefficient (Wildman–Crippen LogP) is 4.02. The number of rotatable bonds is 5. The second-order valence-corrected chi connectivity index (χ2v) is 5.71. The van der Waals surface area contributed by atoms with E-state index < -0.39 is 0 Å². The smallest absolute Gasteiger partial charge is 0.122 e. The van der Waals surface area contributed by atoms with Gasteiger partial charge in [0.2, 0.25) is 0 Å². The first kappa shape index (κ1) is 14.2. The average Bonchev–Trinajstić information content (AvgIpc) is 2.97. The van der Waals surface area contributed by atoms with Crippen LogP contribution in [0.1, 0.15) is 41.6 Å². The van der Waals surface area contributed by atoms with E-state index in [0.717, 1.165) is 31.7 Å². The molecule has 0 fully saturated rings. The number of hydrogen-bond donors (Lipinski definition) is 1. The van der Waals surface area contributed by atoms with Gasteiger partial charge in [-0.1, -0.05) is 43.3 Å². The molecule has 0 aliphatic carbocycles. The van der Waals surface area contributed by atoms with Crippen molar-refractivity contribution in [3.8, 4) is 5.75 Å². The Bertz CT molecular complexity index is 621. The molecule has 1 aliphatic rings. The first-order valence-electron chi connectivity index (χ1n) is 7.84. The van der Waals surface area contributed by atoms with Crippen LogP contribution in [0.15, 0.2) is 42.5 Å². The van der Waals surface area contributed by atoms with Crippen LogP contribution in [0.4, 0.5) is 0 Å². The molecule has 0 bridgehead atoms. The molecule has 1 aliphatic heterocycles. The quantitative estimate of drug-likeness (QED) is 0.893. The van der Waals surface area contributed by atoms with Crippen molar-refractivity contribution in [2.75, 3.05) is 13.2 Å². The molecule has 21 heavy (non-hydrogen) atoms. The van der Waals surface area contributed by atoms with Crippen molar-refractivity contribution in [2.24, 2.45) is 0 Å². The average molecular weight is 281 g/mol. The van der Waals surface area contributed by atoms with Gasteiger partial charge in [0.1, 0.15) is 5.75 Å². The molecular weight excluding hydrogens is 258 g/mol. The molecule has 0 saturated carbocycles. The Kier molecular flexibility index (Phi) is 4.26. The normalized spacial score (nSPS) is 14.6. The maximum absolute atomic E-state index is 5.62. The van der Waals surface area contributed by atoms with Crippen LogP contribution in [0, 0.1) is 6.92 Å². The van der Waals surface area contributed by atoms with Gasteiger partial charge in [0.25, 0.3) is 0 Å². The molecule has 0 amide bonds. The third kappa shape index (κ3) is 2.96. The predicted molar refractivity (Wildman–Crippen MR) is 87.0 cm³/mol. The summed E-state index contributed by atoms with van der Waals surface area (Å²) < 4.78 is 5.62. The second-order valence-electron chi connectivity index (χ2n) is 5.71. The van der Waals surface area contributed by atoms with Crippen molar-refractivity contribution in [1.82, 2.24) is 5.32 Å². The van der Waals surface area contributed by atoms with Gasteiger partial charge >= 0.3 is 0 Å². The fourth-order valence-electron chi connectivity index (χ4n) is 2.99. The van der Waals surface area contributed by atoms with E-state index in [1.165, 1.54) is 22.3 Å². The summed E-state index contributed by atoms with van der Waals surface area (Å²) in [5.41, 5.74) is 5.37. The van der Waals surface area contributed by atoms with Gasteiger partial charge in [-0.2, -0.15) is 0 Å². The highest BCUT2D eigenvalue weighted by Crippen LogP contribution is 2.31. The van der Waals surface area contributed by atoms with Gasteiger partial charge in [-0.05, 0) is 48.2 Å². The SMILES string of the molecule is CCCNC(c1ccc2c(c1)CCO2)c1ccccc1C. The number of hydrogen-bond acceptors (Lipinski definition) is 2.